The Morgan fingerprint density at radius 3 is 2.00 bits per heavy atom. The van der Waals surface area contributed by atoms with E-state index < -0.39 is 0 Å². The molecule has 0 spiro atoms. The van der Waals surface area contributed by atoms with Crippen LogP contribution >= 0.6 is 23.2 Å². The first-order valence-corrected chi connectivity index (χ1v) is 12.5. The average molecular weight is 511 g/mol. The van der Waals surface area contributed by atoms with Gasteiger partial charge < -0.3 is 4.90 Å². The lowest BCUT2D eigenvalue weighted by atomic mass is 10.1. The fourth-order valence-corrected chi connectivity index (χ4v) is 4.41. The van der Waals surface area contributed by atoms with Gasteiger partial charge in [-0.15, -0.1) is 0 Å². The zero-order chi connectivity index (χ0) is 24.7. The van der Waals surface area contributed by atoms with Gasteiger partial charge in [0.05, 0.1) is 17.9 Å². The predicted octanol–water partition coefficient (Wildman–Crippen LogP) is 7.76. The van der Waals surface area contributed by atoms with E-state index in [9.17, 15) is 0 Å². The summed E-state index contributed by atoms with van der Waals surface area (Å²) in [5.74, 6) is 0.981. The Morgan fingerprint density at radius 2 is 1.33 bits per heavy atom. The Labute approximate surface area is 221 Å². The zero-order valence-electron chi connectivity index (χ0n) is 19.6. The molecule has 1 aliphatic rings. The number of hydrogen-bond acceptors (Lipinski definition) is 4. The third-order valence-corrected chi connectivity index (χ3v) is 6.52. The van der Waals surface area contributed by atoms with Gasteiger partial charge in [-0.3, -0.25) is 15.0 Å². The van der Waals surface area contributed by atoms with Crippen LogP contribution < -0.4 is 0 Å². The van der Waals surface area contributed by atoms with Gasteiger partial charge in [0.25, 0.3) is 0 Å². The maximum atomic E-state index is 6.26. The van der Waals surface area contributed by atoms with Crippen LogP contribution in [0.3, 0.4) is 0 Å². The van der Waals surface area contributed by atoms with Crippen molar-refractivity contribution in [3.8, 4) is 0 Å². The second kappa shape index (κ2) is 11.3. The Kier molecular flexibility index (Phi) is 7.55. The first-order chi connectivity index (χ1) is 17.7. The smallest absolute Gasteiger partial charge is 0.131 e. The summed E-state index contributed by atoms with van der Waals surface area (Å²) < 4.78 is 0. The zero-order valence-corrected chi connectivity index (χ0v) is 21.1. The van der Waals surface area contributed by atoms with E-state index in [1.165, 1.54) is 5.56 Å². The maximum Gasteiger partial charge on any atom is 0.131 e. The van der Waals surface area contributed by atoms with E-state index in [1.54, 1.807) is 12.4 Å². The minimum absolute atomic E-state index is 0.683. The molecule has 0 radical (unpaired) electrons. The van der Waals surface area contributed by atoms with Crippen molar-refractivity contribution in [3.05, 3.63) is 129 Å². The van der Waals surface area contributed by atoms with E-state index in [4.69, 9.17) is 28.2 Å². The van der Waals surface area contributed by atoms with Crippen LogP contribution in [0.25, 0.3) is 0 Å². The second-order valence-electron chi connectivity index (χ2n) is 8.41. The summed E-state index contributed by atoms with van der Waals surface area (Å²) in [7, 11) is 0. The lowest BCUT2D eigenvalue weighted by molar-refractivity contribution is 0.453. The molecule has 0 amide bonds. The van der Waals surface area contributed by atoms with Crippen LogP contribution in [-0.4, -0.2) is 36.3 Å². The minimum atomic E-state index is 0.683. The van der Waals surface area contributed by atoms with Crippen molar-refractivity contribution in [2.75, 3.05) is 13.1 Å². The van der Waals surface area contributed by atoms with Gasteiger partial charge >= 0.3 is 0 Å². The molecule has 0 unspecified atom stereocenters. The summed E-state index contributed by atoms with van der Waals surface area (Å²) in [5.41, 5.74) is 5.76. The first kappa shape index (κ1) is 24.0. The van der Waals surface area contributed by atoms with Gasteiger partial charge in [-0.05, 0) is 42.0 Å². The maximum absolute atomic E-state index is 6.26. The van der Waals surface area contributed by atoms with Crippen molar-refractivity contribution in [2.45, 2.75) is 6.54 Å². The number of benzene rings is 4. The molecule has 0 atom stereocenters. The molecule has 6 heteroatoms. The average Bonchev–Trinajstić information content (AvgIpc) is 3.36. The summed E-state index contributed by atoms with van der Waals surface area (Å²) in [6.07, 6.45) is 3.60. The molecule has 36 heavy (non-hydrogen) atoms. The molecule has 1 heterocycles. The highest BCUT2D eigenvalue weighted by atomic mass is 35.5. The van der Waals surface area contributed by atoms with Gasteiger partial charge in [0.2, 0.25) is 0 Å². The fraction of sp³-hybridized carbons (Fsp3) is 0.100. The molecule has 4 aromatic rings. The highest BCUT2D eigenvalue weighted by Crippen LogP contribution is 2.23. The highest BCUT2D eigenvalue weighted by molar-refractivity contribution is 6.33. The Balaban J connectivity index is 1.30. The summed E-state index contributed by atoms with van der Waals surface area (Å²) >= 11 is 12.5. The van der Waals surface area contributed by atoms with Crippen molar-refractivity contribution < 1.29 is 0 Å². The number of amidine groups is 1. The van der Waals surface area contributed by atoms with E-state index in [2.05, 4.69) is 39.2 Å². The van der Waals surface area contributed by atoms with E-state index in [0.29, 0.717) is 10.0 Å². The van der Waals surface area contributed by atoms with Crippen LogP contribution in [0.15, 0.2) is 112 Å². The van der Waals surface area contributed by atoms with Gasteiger partial charge in [-0.2, -0.15) is 0 Å². The molecule has 4 aromatic carbocycles. The number of nitrogens with zero attached hydrogens (tertiary/aromatic N) is 4. The van der Waals surface area contributed by atoms with Crippen molar-refractivity contribution in [3.63, 3.8) is 0 Å². The molecule has 4 nitrogen and oxygen atoms in total. The van der Waals surface area contributed by atoms with Gasteiger partial charge in [0.15, 0.2) is 0 Å². The largest absolute Gasteiger partial charge is 0.350 e. The van der Waals surface area contributed by atoms with Crippen LogP contribution in [0, 0.1) is 0 Å². The van der Waals surface area contributed by atoms with Crippen molar-refractivity contribution in [1.29, 1.82) is 0 Å². The topological polar surface area (TPSA) is 40.3 Å². The van der Waals surface area contributed by atoms with Crippen LogP contribution in [0.4, 0.5) is 11.4 Å². The summed E-state index contributed by atoms with van der Waals surface area (Å²) in [4.78, 5) is 16.4. The monoisotopic (exact) mass is 510 g/mol. The molecule has 0 bridgehead atoms. The lowest BCUT2D eigenvalue weighted by Gasteiger charge is -2.21. The van der Waals surface area contributed by atoms with E-state index in [0.717, 1.165) is 53.5 Å². The van der Waals surface area contributed by atoms with Gasteiger partial charge in [-0.25, -0.2) is 0 Å². The lowest BCUT2D eigenvalue weighted by Crippen LogP contribution is -2.27. The standard InChI is InChI=1S/C30H24Cl2N4/c31-28-13-3-1-8-24(28)19-34-26-11-5-7-22(17-26)21-36-16-15-33-30(36)23-10-6-12-27(18-23)35-20-25-9-2-4-14-29(25)32/h1-14,17-20H,15-16,21H2. The molecular weight excluding hydrogens is 487 g/mol. The van der Waals surface area contributed by atoms with Gasteiger partial charge in [0.1, 0.15) is 5.84 Å². The van der Waals surface area contributed by atoms with Crippen LogP contribution in [0.5, 0.6) is 0 Å². The normalized spacial score (nSPS) is 13.6. The molecule has 0 saturated heterocycles. The molecule has 0 saturated carbocycles. The Morgan fingerprint density at radius 1 is 0.722 bits per heavy atom. The molecule has 5 rings (SSSR count). The number of hydrogen-bond donors (Lipinski definition) is 0. The Bertz CT molecular complexity index is 1460. The first-order valence-electron chi connectivity index (χ1n) is 11.7. The summed E-state index contributed by atoms with van der Waals surface area (Å²) in [6, 6.07) is 31.8. The molecule has 0 aliphatic carbocycles. The van der Waals surface area contributed by atoms with Crippen molar-refractivity contribution in [1.82, 2.24) is 4.90 Å². The van der Waals surface area contributed by atoms with E-state index in [1.807, 2.05) is 72.8 Å². The van der Waals surface area contributed by atoms with E-state index in [-0.39, 0.29) is 0 Å². The molecular formula is C30H24Cl2N4. The molecule has 0 aromatic heterocycles. The molecule has 178 valence electrons. The third kappa shape index (κ3) is 5.91. The molecule has 0 fully saturated rings. The second-order valence-corrected chi connectivity index (χ2v) is 9.22. The Hall–Kier alpha value is -3.73. The van der Waals surface area contributed by atoms with Crippen LogP contribution in [-0.2, 0) is 6.54 Å². The van der Waals surface area contributed by atoms with Gasteiger partial charge in [0, 0.05) is 52.3 Å². The molecule has 0 N–H and O–H groups in total. The number of halogens is 2. The number of aliphatic imine (C=N–C) groups is 3. The van der Waals surface area contributed by atoms with Crippen LogP contribution in [0.2, 0.25) is 10.0 Å². The SMILES string of the molecule is Clc1ccccc1C=Nc1cccc(CN2CCN=C2c2cccc(N=Cc3ccccc3Cl)c2)c1. The molecule has 1 aliphatic heterocycles. The van der Waals surface area contributed by atoms with Crippen LogP contribution in [0.1, 0.15) is 22.3 Å². The summed E-state index contributed by atoms with van der Waals surface area (Å²) in [6.45, 7) is 2.39. The van der Waals surface area contributed by atoms with Crippen molar-refractivity contribution in [2.24, 2.45) is 15.0 Å². The van der Waals surface area contributed by atoms with Gasteiger partial charge in [-0.1, -0.05) is 83.9 Å². The minimum Gasteiger partial charge on any atom is -0.350 e. The van der Waals surface area contributed by atoms with Crippen molar-refractivity contribution >= 4 is 52.8 Å². The fourth-order valence-electron chi connectivity index (χ4n) is 4.04. The highest BCUT2D eigenvalue weighted by Gasteiger charge is 2.19. The summed E-state index contributed by atoms with van der Waals surface area (Å²) in [5, 5.41) is 1.37. The third-order valence-electron chi connectivity index (χ3n) is 5.84. The quantitative estimate of drug-likeness (QED) is 0.234. The predicted molar refractivity (Wildman–Crippen MR) is 152 cm³/mol. The number of rotatable bonds is 7. The van der Waals surface area contributed by atoms with E-state index >= 15 is 0 Å².